The monoisotopic (exact) mass is 117 g/mol. The molecule has 0 aliphatic rings. The van der Waals surface area contributed by atoms with E-state index in [1.165, 1.54) is 10.8 Å². The molecule has 0 aromatic carbocycles. The molecule has 0 nitrogen and oxygen atoms in total. The van der Waals surface area contributed by atoms with Gasteiger partial charge < -0.3 is 0 Å². The molecule has 0 aromatic rings. The van der Waals surface area contributed by atoms with Crippen LogP contribution in [0.1, 0.15) is 0 Å². The van der Waals surface area contributed by atoms with Crippen molar-refractivity contribution in [1.29, 1.82) is 0 Å². The molecule has 6 heavy (non-hydrogen) atoms. The van der Waals surface area contributed by atoms with Gasteiger partial charge in [0.05, 0.1) is 6.26 Å². The van der Waals surface area contributed by atoms with Crippen LogP contribution < -0.4 is 0 Å². The second-order valence-corrected chi connectivity index (χ2v) is 2.60. The van der Waals surface area contributed by atoms with Crippen LogP contribution in [0.4, 0.5) is 0 Å². The molecule has 0 atom stereocenters. The summed E-state index contributed by atoms with van der Waals surface area (Å²) >= 11 is 0. The minimum atomic E-state index is 0.869. The number of hydrogen-bond acceptors (Lipinski definition) is 2. The molecule has 0 saturated carbocycles. The second kappa shape index (κ2) is 5.44. The van der Waals surface area contributed by atoms with Crippen LogP contribution in [-0.2, 0) is 0 Å². The average molecular weight is 117 g/mol. The van der Waals surface area contributed by atoms with Gasteiger partial charge in [0.1, 0.15) is 0 Å². The Kier molecular flexibility index (Phi) is 5.84. The molecule has 0 saturated heterocycles. The molecular formula is C4H5S2. The van der Waals surface area contributed by atoms with Gasteiger partial charge in [-0.05, 0) is 0 Å². The lowest BCUT2D eigenvalue weighted by Crippen LogP contribution is -1.55. The molecule has 0 N–H and O–H groups in total. The summed E-state index contributed by atoms with van der Waals surface area (Å²) in [5.41, 5.74) is 0. The van der Waals surface area contributed by atoms with Crippen molar-refractivity contribution in [3.63, 3.8) is 0 Å². The molecule has 0 amide bonds. The Balaban J connectivity index is 2.49. The van der Waals surface area contributed by atoms with Gasteiger partial charge >= 0.3 is 0 Å². The first-order valence-corrected chi connectivity index (χ1v) is 3.79. The molecule has 0 unspecified atom stereocenters. The predicted molar refractivity (Wildman–Crippen MR) is 33.5 cm³/mol. The Morgan fingerprint density at radius 3 is 2.67 bits per heavy atom. The van der Waals surface area contributed by atoms with Crippen molar-refractivity contribution >= 4 is 21.6 Å². The number of rotatable bonds is 3. The summed E-state index contributed by atoms with van der Waals surface area (Å²) in [5, 5.41) is 0. The molecule has 0 fully saturated rings. The minimum Gasteiger partial charge on any atom is -0.102 e. The van der Waals surface area contributed by atoms with Crippen LogP contribution in [-0.4, -0.2) is 5.75 Å². The van der Waals surface area contributed by atoms with E-state index in [4.69, 9.17) is 6.26 Å². The molecule has 3 radical (unpaired) electrons. The summed E-state index contributed by atoms with van der Waals surface area (Å²) < 4.78 is 0. The van der Waals surface area contributed by atoms with Crippen LogP contribution in [0, 0.1) is 6.26 Å². The zero-order chi connectivity index (χ0) is 4.83. The SMILES string of the molecule is [C]SSCC=C. The first-order valence-electron chi connectivity index (χ1n) is 1.48. The topological polar surface area (TPSA) is 0 Å². The van der Waals surface area contributed by atoms with E-state index < -0.39 is 0 Å². The summed E-state index contributed by atoms with van der Waals surface area (Å²) in [4.78, 5) is 0. The van der Waals surface area contributed by atoms with Crippen LogP contribution >= 0.6 is 21.6 Å². The standard InChI is InChI=1S/C4H5S2/c1-3-4-6-5-2/h3H,1,4H2. The van der Waals surface area contributed by atoms with E-state index in [-0.39, 0.29) is 0 Å². The Bertz CT molecular complexity index is 34.5. The first-order chi connectivity index (χ1) is 2.91. The van der Waals surface area contributed by atoms with Gasteiger partial charge in [-0.2, -0.15) is 0 Å². The maximum atomic E-state index is 6.54. The molecule has 0 rings (SSSR count). The molecule has 0 aromatic heterocycles. The van der Waals surface area contributed by atoms with Gasteiger partial charge in [-0.3, -0.25) is 0 Å². The molecule has 0 aliphatic carbocycles. The van der Waals surface area contributed by atoms with Crippen LogP contribution in [0.3, 0.4) is 0 Å². The van der Waals surface area contributed by atoms with E-state index in [9.17, 15) is 0 Å². The van der Waals surface area contributed by atoms with Crippen molar-refractivity contribution in [2.75, 3.05) is 5.75 Å². The van der Waals surface area contributed by atoms with Gasteiger partial charge in [0.15, 0.2) is 0 Å². The van der Waals surface area contributed by atoms with Crippen molar-refractivity contribution in [3.05, 3.63) is 18.9 Å². The second-order valence-electron chi connectivity index (χ2n) is 0.657. The fourth-order valence-electron chi connectivity index (χ4n) is 0.0821. The molecule has 0 spiro atoms. The van der Waals surface area contributed by atoms with Crippen molar-refractivity contribution < 1.29 is 0 Å². The predicted octanol–water partition coefficient (Wildman–Crippen LogP) is 2.10. The molecular weight excluding hydrogens is 112 g/mol. The Labute approximate surface area is 46.8 Å². The maximum Gasteiger partial charge on any atom is 0.0817 e. The van der Waals surface area contributed by atoms with E-state index >= 15 is 0 Å². The third-order valence-electron chi connectivity index (χ3n) is 0.245. The summed E-state index contributed by atoms with van der Waals surface area (Å²) in [5.74, 6) is 0.869. The van der Waals surface area contributed by atoms with Crippen molar-refractivity contribution in [2.24, 2.45) is 0 Å². The van der Waals surface area contributed by atoms with E-state index in [1.54, 1.807) is 6.08 Å². The zero-order valence-corrected chi connectivity index (χ0v) is 4.94. The summed E-state index contributed by atoms with van der Waals surface area (Å²) in [6.07, 6.45) is 8.32. The highest BCUT2D eigenvalue weighted by Crippen LogP contribution is 2.17. The highest BCUT2D eigenvalue weighted by atomic mass is 33.1. The van der Waals surface area contributed by atoms with E-state index in [2.05, 4.69) is 6.58 Å². The largest absolute Gasteiger partial charge is 0.102 e. The smallest absolute Gasteiger partial charge is 0.0817 e. The lowest BCUT2D eigenvalue weighted by atomic mass is 10.8. The fourth-order valence-corrected chi connectivity index (χ4v) is 0.739. The fraction of sp³-hybridized carbons (Fsp3) is 0.250. The van der Waals surface area contributed by atoms with Gasteiger partial charge in [-0.1, -0.05) is 27.7 Å². The molecule has 0 aliphatic heterocycles. The van der Waals surface area contributed by atoms with Gasteiger partial charge in [-0.15, -0.1) is 6.58 Å². The normalized spacial score (nSPS) is 8.17. The lowest BCUT2D eigenvalue weighted by molar-refractivity contribution is 1.84. The van der Waals surface area contributed by atoms with Crippen LogP contribution in [0.2, 0.25) is 0 Å². The molecule has 33 valence electrons. The zero-order valence-electron chi connectivity index (χ0n) is 3.31. The van der Waals surface area contributed by atoms with E-state index in [1.807, 2.05) is 0 Å². The quantitative estimate of drug-likeness (QED) is 0.315. The summed E-state index contributed by atoms with van der Waals surface area (Å²) in [6, 6.07) is 0. The van der Waals surface area contributed by atoms with Crippen molar-refractivity contribution in [2.45, 2.75) is 0 Å². The van der Waals surface area contributed by atoms with Gasteiger partial charge in [0.2, 0.25) is 0 Å². The Hall–Kier alpha value is 0.440. The van der Waals surface area contributed by atoms with Crippen LogP contribution in [0.5, 0.6) is 0 Å². The van der Waals surface area contributed by atoms with Crippen LogP contribution in [0.25, 0.3) is 0 Å². The first kappa shape index (κ1) is 6.44. The van der Waals surface area contributed by atoms with Gasteiger partial charge in [0, 0.05) is 5.75 Å². The molecule has 2 heteroatoms. The van der Waals surface area contributed by atoms with E-state index in [0.29, 0.717) is 0 Å². The van der Waals surface area contributed by atoms with Crippen LogP contribution in [0.15, 0.2) is 12.7 Å². The maximum absolute atomic E-state index is 6.54. The highest BCUT2D eigenvalue weighted by Gasteiger charge is 1.72. The summed E-state index contributed by atoms with van der Waals surface area (Å²) in [6.45, 7) is 3.48. The van der Waals surface area contributed by atoms with E-state index in [0.717, 1.165) is 16.5 Å². The average Bonchev–Trinajstić information content (AvgIpc) is 1.61. The number of hydrogen-bond donors (Lipinski definition) is 0. The van der Waals surface area contributed by atoms with Crippen molar-refractivity contribution in [1.82, 2.24) is 0 Å². The van der Waals surface area contributed by atoms with Gasteiger partial charge in [-0.25, -0.2) is 0 Å². The lowest BCUT2D eigenvalue weighted by Gasteiger charge is -1.81. The highest BCUT2D eigenvalue weighted by molar-refractivity contribution is 8.77. The third kappa shape index (κ3) is 4.44. The Morgan fingerprint density at radius 1 is 1.83 bits per heavy atom. The third-order valence-corrected chi connectivity index (χ3v) is 1.50. The molecule has 0 bridgehead atoms. The van der Waals surface area contributed by atoms with Crippen molar-refractivity contribution in [3.8, 4) is 0 Å². The Morgan fingerprint density at radius 2 is 2.50 bits per heavy atom. The molecule has 0 heterocycles. The minimum absolute atomic E-state index is 0.869. The summed E-state index contributed by atoms with van der Waals surface area (Å²) in [7, 11) is 2.50. The van der Waals surface area contributed by atoms with Gasteiger partial charge in [0.25, 0.3) is 0 Å².